The molecule has 168 valence electrons. The number of nitrogens with one attached hydrogen (secondary N) is 1. The fraction of sp³-hybridized carbons (Fsp3) is 0.429. The molecule has 1 aromatic carbocycles. The Balaban J connectivity index is 2.77. The van der Waals surface area contributed by atoms with Gasteiger partial charge in [0, 0.05) is 32.0 Å². The van der Waals surface area contributed by atoms with Crippen LogP contribution in [0.5, 0.6) is 0 Å². The third kappa shape index (κ3) is 5.09. The summed E-state index contributed by atoms with van der Waals surface area (Å²) in [6, 6.07) is 5.58. The van der Waals surface area contributed by atoms with E-state index in [2.05, 4.69) is 5.32 Å². The molecule has 0 saturated heterocycles. The zero-order valence-electron chi connectivity index (χ0n) is 18.3. The highest BCUT2D eigenvalue weighted by Crippen LogP contribution is 2.41. The van der Waals surface area contributed by atoms with Crippen LogP contribution in [0.2, 0.25) is 0 Å². The summed E-state index contributed by atoms with van der Waals surface area (Å²) in [4.78, 5) is 36.4. The van der Waals surface area contributed by atoms with E-state index in [1.165, 1.54) is 45.6 Å². The number of rotatable bonds is 8. The van der Waals surface area contributed by atoms with Crippen LogP contribution in [0.15, 0.2) is 46.8 Å². The van der Waals surface area contributed by atoms with Crippen LogP contribution in [0.4, 0.5) is 5.69 Å². The number of benzene rings is 1. The predicted octanol–water partition coefficient (Wildman–Crippen LogP) is 2.55. The Morgan fingerprint density at radius 2 is 1.61 bits per heavy atom. The van der Waals surface area contributed by atoms with Gasteiger partial charge in [-0.1, -0.05) is 12.1 Å². The lowest BCUT2D eigenvalue weighted by atomic mass is 9.80. The van der Waals surface area contributed by atoms with Gasteiger partial charge in [-0.3, -0.25) is 10.1 Å². The molecule has 1 atom stereocenters. The average Bonchev–Trinajstić information content (AvgIpc) is 2.73. The minimum Gasteiger partial charge on any atom is -0.466 e. The lowest BCUT2D eigenvalue weighted by molar-refractivity contribution is -0.384. The first-order valence-electron chi connectivity index (χ1n) is 9.47. The van der Waals surface area contributed by atoms with Crippen LogP contribution in [0.25, 0.3) is 0 Å². The van der Waals surface area contributed by atoms with Crippen LogP contribution in [0.1, 0.15) is 32.3 Å². The van der Waals surface area contributed by atoms with Gasteiger partial charge in [-0.05, 0) is 26.3 Å². The number of hydrogen-bond donors (Lipinski definition) is 1. The summed E-state index contributed by atoms with van der Waals surface area (Å²) in [5.74, 6) is -2.27. The topological polar surface area (TPSA) is 126 Å². The highest BCUT2D eigenvalue weighted by molar-refractivity contribution is 6.00. The first kappa shape index (κ1) is 24.0. The molecule has 2 rings (SSSR count). The van der Waals surface area contributed by atoms with E-state index in [4.69, 9.17) is 18.9 Å². The number of nitro groups is 1. The number of carbonyl (C=O) groups excluding carboxylic acids is 2. The van der Waals surface area contributed by atoms with Crippen molar-refractivity contribution in [3.8, 4) is 0 Å². The number of hydrogen-bond acceptors (Lipinski definition) is 9. The second-order valence-corrected chi connectivity index (χ2v) is 7.02. The molecule has 1 aliphatic heterocycles. The number of ether oxygens (including phenoxy) is 4. The van der Waals surface area contributed by atoms with Gasteiger partial charge in [0.05, 0.1) is 40.9 Å². The fourth-order valence-electron chi connectivity index (χ4n) is 3.38. The summed E-state index contributed by atoms with van der Waals surface area (Å²) >= 11 is 0. The maximum Gasteiger partial charge on any atom is 0.337 e. The molecule has 1 aromatic rings. The molecule has 0 amide bonds. The number of nitro benzene ring substituents is 1. The largest absolute Gasteiger partial charge is 0.466 e. The van der Waals surface area contributed by atoms with Crippen molar-refractivity contribution in [1.82, 2.24) is 5.32 Å². The van der Waals surface area contributed by atoms with Crippen molar-refractivity contribution in [3.05, 3.63) is 62.5 Å². The van der Waals surface area contributed by atoms with Gasteiger partial charge >= 0.3 is 11.9 Å². The lowest BCUT2D eigenvalue weighted by Gasteiger charge is -2.33. The molecule has 31 heavy (non-hydrogen) atoms. The van der Waals surface area contributed by atoms with E-state index in [-0.39, 0.29) is 22.5 Å². The van der Waals surface area contributed by atoms with Crippen LogP contribution in [0.3, 0.4) is 0 Å². The van der Waals surface area contributed by atoms with Crippen molar-refractivity contribution in [2.24, 2.45) is 0 Å². The standard InChI is InChI=1S/C21H26N2O8/c1-11(2)31-20(25)15-12(3)22-18(21(29-5)30-6)17(19(24)28-4)16(15)13-7-9-14(10-8-13)23(26)27/h7-11,16,21-22H,1-6H3. The van der Waals surface area contributed by atoms with Crippen LogP contribution < -0.4 is 5.32 Å². The molecular formula is C21H26N2O8. The highest BCUT2D eigenvalue weighted by Gasteiger charge is 2.41. The molecule has 0 radical (unpaired) electrons. The molecule has 1 unspecified atom stereocenters. The number of esters is 2. The Labute approximate surface area is 180 Å². The molecule has 10 heteroatoms. The van der Waals surface area contributed by atoms with Crippen LogP contribution >= 0.6 is 0 Å². The molecule has 0 saturated carbocycles. The normalized spacial score (nSPS) is 16.5. The van der Waals surface area contributed by atoms with Crippen LogP contribution in [0, 0.1) is 10.1 Å². The summed E-state index contributed by atoms with van der Waals surface area (Å²) in [5, 5.41) is 14.1. The van der Waals surface area contributed by atoms with Crippen molar-refractivity contribution >= 4 is 17.6 Å². The van der Waals surface area contributed by atoms with Crippen LogP contribution in [-0.2, 0) is 28.5 Å². The van der Waals surface area contributed by atoms with Crippen molar-refractivity contribution in [1.29, 1.82) is 0 Å². The minimum atomic E-state index is -0.952. The van der Waals surface area contributed by atoms with Gasteiger partial charge in [-0.15, -0.1) is 0 Å². The Kier molecular flexibility index (Phi) is 7.89. The van der Waals surface area contributed by atoms with Crippen molar-refractivity contribution in [3.63, 3.8) is 0 Å². The van der Waals surface area contributed by atoms with Crippen molar-refractivity contribution in [2.75, 3.05) is 21.3 Å². The Hall–Kier alpha value is -3.24. The summed E-state index contributed by atoms with van der Waals surface area (Å²) in [6.45, 7) is 5.07. The molecule has 0 aliphatic carbocycles. The summed E-state index contributed by atoms with van der Waals surface area (Å²) in [5.41, 5.74) is 1.28. The molecule has 1 heterocycles. The van der Waals surface area contributed by atoms with E-state index in [1.807, 2.05) is 0 Å². The first-order chi connectivity index (χ1) is 14.7. The molecule has 0 bridgehead atoms. The van der Waals surface area contributed by atoms with Gasteiger partial charge < -0.3 is 24.3 Å². The van der Waals surface area contributed by atoms with Crippen molar-refractivity contribution in [2.45, 2.75) is 39.1 Å². The number of non-ortho nitro benzene ring substituents is 1. The fourth-order valence-corrected chi connectivity index (χ4v) is 3.38. The maximum atomic E-state index is 13.0. The summed E-state index contributed by atoms with van der Waals surface area (Å²) in [6.07, 6.45) is -1.35. The van der Waals surface area contributed by atoms with E-state index >= 15 is 0 Å². The zero-order chi connectivity index (χ0) is 23.3. The van der Waals surface area contributed by atoms with E-state index in [1.54, 1.807) is 20.8 Å². The van der Waals surface area contributed by atoms with E-state index in [9.17, 15) is 19.7 Å². The second-order valence-electron chi connectivity index (χ2n) is 7.02. The first-order valence-corrected chi connectivity index (χ1v) is 9.47. The van der Waals surface area contributed by atoms with Crippen molar-refractivity contribution < 1.29 is 33.5 Å². The Morgan fingerprint density at radius 3 is 2.06 bits per heavy atom. The monoisotopic (exact) mass is 434 g/mol. The second kappa shape index (κ2) is 10.2. The van der Waals surface area contributed by atoms with Gasteiger partial charge in [0.2, 0.25) is 0 Å². The minimum absolute atomic E-state index is 0.0753. The smallest absolute Gasteiger partial charge is 0.337 e. The average molecular weight is 434 g/mol. The number of methoxy groups -OCH3 is 3. The van der Waals surface area contributed by atoms with Crippen LogP contribution in [-0.4, -0.2) is 50.6 Å². The molecule has 1 N–H and O–H groups in total. The highest BCUT2D eigenvalue weighted by atomic mass is 16.7. The van der Waals surface area contributed by atoms with Gasteiger partial charge in [-0.2, -0.15) is 0 Å². The van der Waals surface area contributed by atoms with Gasteiger partial charge in [0.15, 0.2) is 6.29 Å². The van der Waals surface area contributed by atoms with Gasteiger partial charge in [0.1, 0.15) is 0 Å². The molecule has 1 aliphatic rings. The number of carbonyl (C=O) groups is 2. The SMILES string of the molecule is COC(=O)C1=C(C(OC)OC)NC(C)=C(C(=O)OC(C)C)C1c1ccc([N+](=O)[O-])cc1. The summed E-state index contributed by atoms with van der Waals surface area (Å²) in [7, 11) is 4.02. The number of dihydropyridines is 1. The quantitative estimate of drug-likeness (QED) is 0.284. The van der Waals surface area contributed by atoms with Gasteiger partial charge in [-0.25, -0.2) is 9.59 Å². The Morgan fingerprint density at radius 1 is 1.03 bits per heavy atom. The summed E-state index contributed by atoms with van der Waals surface area (Å²) < 4.78 is 21.0. The predicted molar refractivity (Wildman–Crippen MR) is 110 cm³/mol. The molecule has 10 nitrogen and oxygen atoms in total. The number of allylic oxidation sites excluding steroid dienone is 1. The molecule has 0 spiro atoms. The Bertz CT molecular complexity index is 914. The third-order valence-electron chi connectivity index (χ3n) is 4.66. The van der Waals surface area contributed by atoms with E-state index < -0.39 is 35.2 Å². The molecule has 0 fully saturated rings. The number of nitrogens with zero attached hydrogens (tertiary/aromatic N) is 1. The van der Waals surface area contributed by atoms with Gasteiger partial charge in [0.25, 0.3) is 5.69 Å². The van der Waals surface area contributed by atoms with E-state index in [0.29, 0.717) is 11.3 Å². The molecule has 0 aromatic heterocycles. The third-order valence-corrected chi connectivity index (χ3v) is 4.66. The maximum absolute atomic E-state index is 13.0. The van der Waals surface area contributed by atoms with E-state index in [0.717, 1.165) is 0 Å². The zero-order valence-corrected chi connectivity index (χ0v) is 18.3. The lowest BCUT2D eigenvalue weighted by Crippen LogP contribution is -2.38. The molecular weight excluding hydrogens is 408 g/mol.